The van der Waals surface area contributed by atoms with Crippen LogP contribution in [-0.4, -0.2) is 17.3 Å². The van der Waals surface area contributed by atoms with Gasteiger partial charge in [-0.05, 0) is 12.1 Å². The Morgan fingerprint density at radius 3 is 2.91 bits per heavy atom. The molecule has 1 heterocycles. The summed E-state index contributed by atoms with van der Waals surface area (Å²) in [4.78, 5) is 10.2. The third kappa shape index (κ3) is 1.86. The Hall–Kier alpha value is -1.19. The lowest BCUT2D eigenvalue weighted by atomic mass is 10.5. The van der Waals surface area contributed by atoms with Crippen LogP contribution >= 0.6 is 0 Å². The number of nitrogens with zero attached hydrogens (tertiary/aromatic N) is 1. The molecule has 0 N–H and O–H groups in total. The zero-order valence-electron chi connectivity index (χ0n) is 5.71. The highest BCUT2D eigenvalue weighted by Gasteiger charge is 2.05. The molecule has 0 unspecified atom stereocenters. The Morgan fingerprint density at radius 1 is 1.64 bits per heavy atom. The van der Waals surface area contributed by atoms with Gasteiger partial charge in [-0.3, -0.25) is 4.79 Å². The number of rotatable bonds is 3. The summed E-state index contributed by atoms with van der Waals surface area (Å²) in [5.74, 6) is 0. The van der Waals surface area contributed by atoms with Crippen LogP contribution in [0.25, 0.3) is 0 Å². The molecular weight excluding hydrogens is 152 g/mol. The zero-order valence-corrected chi connectivity index (χ0v) is 5.71. The lowest BCUT2D eigenvalue weighted by molar-refractivity contribution is 0.109. The molecule has 0 radical (unpaired) electrons. The van der Waals surface area contributed by atoms with Gasteiger partial charge in [0.2, 0.25) is 0 Å². The minimum atomic E-state index is -2.42. The van der Waals surface area contributed by atoms with Crippen LogP contribution in [0.15, 0.2) is 18.3 Å². The van der Waals surface area contributed by atoms with E-state index in [-0.39, 0.29) is 5.69 Å². The van der Waals surface area contributed by atoms with Gasteiger partial charge in [0.05, 0.1) is 12.2 Å². The molecule has 0 amide bonds. The fraction of sp³-hybridized carbons (Fsp3) is 0.286. The topological polar surface area (TPSA) is 22.0 Å². The van der Waals surface area contributed by atoms with E-state index in [4.69, 9.17) is 0 Å². The molecule has 1 aromatic rings. The Kier molecular flexibility index (Phi) is 2.36. The maximum absolute atomic E-state index is 11.8. The number of hydrogen-bond donors (Lipinski definition) is 0. The van der Waals surface area contributed by atoms with Crippen molar-refractivity contribution in [3.63, 3.8) is 0 Å². The molecule has 0 atom stereocenters. The van der Waals surface area contributed by atoms with Crippen LogP contribution in [0.3, 0.4) is 0 Å². The fourth-order valence-electron chi connectivity index (χ4n) is 0.849. The smallest absolute Gasteiger partial charge is 0.256 e. The van der Waals surface area contributed by atoms with Gasteiger partial charge >= 0.3 is 0 Å². The van der Waals surface area contributed by atoms with Crippen molar-refractivity contribution in [2.24, 2.45) is 0 Å². The van der Waals surface area contributed by atoms with Gasteiger partial charge in [0.1, 0.15) is 0 Å². The summed E-state index contributed by atoms with van der Waals surface area (Å²) in [7, 11) is 0. The number of carbonyl (C=O) groups excluding carboxylic acids is 1. The summed E-state index contributed by atoms with van der Waals surface area (Å²) in [5.41, 5.74) is 0.283. The average Bonchev–Trinajstić information content (AvgIpc) is 2.34. The van der Waals surface area contributed by atoms with Crippen molar-refractivity contribution < 1.29 is 13.6 Å². The van der Waals surface area contributed by atoms with Crippen molar-refractivity contribution in [1.29, 1.82) is 0 Å². The third-order valence-electron chi connectivity index (χ3n) is 1.32. The summed E-state index contributed by atoms with van der Waals surface area (Å²) < 4.78 is 24.8. The molecule has 0 aliphatic heterocycles. The third-order valence-corrected chi connectivity index (χ3v) is 1.32. The highest BCUT2D eigenvalue weighted by Crippen LogP contribution is 2.03. The fourth-order valence-corrected chi connectivity index (χ4v) is 0.849. The molecule has 0 bridgehead atoms. The molecule has 0 saturated heterocycles. The van der Waals surface area contributed by atoms with E-state index in [1.54, 1.807) is 6.07 Å². The molecule has 0 aliphatic carbocycles. The summed E-state index contributed by atoms with van der Waals surface area (Å²) in [6.45, 7) is -0.416. The van der Waals surface area contributed by atoms with Crippen molar-refractivity contribution in [2.75, 3.05) is 0 Å². The molecule has 1 aromatic heterocycles. The number of hydrogen-bond acceptors (Lipinski definition) is 1. The van der Waals surface area contributed by atoms with Gasteiger partial charge in [0.15, 0.2) is 6.29 Å². The summed E-state index contributed by atoms with van der Waals surface area (Å²) in [6.07, 6.45) is -0.403. The van der Waals surface area contributed by atoms with Gasteiger partial charge in [-0.1, -0.05) is 0 Å². The van der Waals surface area contributed by atoms with E-state index in [1.165, 1.54) is 16.8 Å². The SMILES string of the molecule is O=Cc1cccn1CC(F)F. The van der Waals surface area contributed by atoms with E-state index < -0.39 is 13.0 Å². The van der Waals surface area contributed by atoms with E-state index >= 15 is 0 Å². The molecule has 0 spiro atoms. The Morgan fingerprint density at radius 2 is 2.36 bits per heavy atom. The highest BCUT2D eigenvalue weighted by atomic mass is 19.3. The molecule has 2 nitrogen and oxygen atoms in total. The molecule has 0 aliphatic rings. The normalized spacial score (nSPS) is 10.5. The monoisotopic (exact) mass is 159 g/mol. The van der Waals surface area contributed by atoms with E-state index in [1.807, 2.05) is 0 Å². The second-order valence-electron chi connectivity index (χ2n) is 2.09. The summed E-state index contributed by atoms with van der Waals surface area (Å²) in [6, 6.07) is 3.06. The zero-order chi connectivity index (χ0) is 8.27. The standard InChI is InChI=1S/C7H7F2NO/c8-7(9)4-10-3-1-2-6(10)5-11/h1-3,5,7H,4H2. The van der Waals surface area contributed by atoms with Crippen LogP contribution in [0.2, 0.25) is 0 Å². The van der Waals surface area contributed by atoms with Gasteiger partial charge in [-0.2, -0.15) is 0 Å². The van der Waals surface area contributed by atoms with Crippen LogP contribution in [-0.2, 0) is 6.54 Å². The molecule has 11 heavy (non-hydrogen) atoms. The summed E-state index contributed by atoms with van der Waals surface area (Å²) in [5, 5.41) is 0. The number of aromatic nitrogens is 1. The van der Waals surface area contributed by atoms with Crippen LogP contribution in [0, 0.1) is 0 Å². The molecular formula is C7H7F2NO. The minimum absolute atomic E-state index is 0.283. The first kappa shape index (κ1) is 7.91. The molecule has 60 valence electrons. The Bertz CT molecular complexity index is 244. The summed E-state index contributed by atoms with van der Waals surface area (Å²) >= 11 is 0. The van der Waals surface area contributed by atoms with E-state index in [0.717, 1.165) is 0 Å². The van der Waals surface area contributed by atoms with Crippen LogP contribution in [0.5, 0.6) is 0 Å². The van der Waals surface area contributed by atoms with Crippen molar-refractivity contribution in [2.45, 2.75) is 13.0 Å². The Labute approximate surface area is 62.4 Å². The van der Waals surface area contributed by atoms with Gasteiger partial charge in [0.25, 0.3) is 6.43 Å². The van der Waals surface area contributed by atoms with Crippen molar-refractivity contribution in [3.05, 3.63) is 24.0 Å². The van der Waals surface area contributed by atoms with E-state index in [9.17, 15) is 13.6 Å². The minimum Gasteiger partial charge on any atom is -0.340 e. The first-order chi connectivity index (χ1) is 5.24. The lowest BCUT2D eigenvalue weighted by Crippen LogP contribution is -2.07. The van der Waals surface area contributed by atoms with Crippen molar-refractivity contribution in [3.8, 4) is 0 Å². The molecule has 0 aromatic carbocycles. The van der Waals surface area contributed by atoms with Gasteiger partial charge in [0, 0.05) is 6.20 Å². The number of alkyl halides is 2. The van der Waals surface area contributed by atoms with Crippen molar-refractivity contribution >= 4 is 6.29 Å². The quantitative estimate of drug-likeness (QED) is 0.613. The Balaban J connectivity index is 2.76. The second kappa shape index (κ2) is 3.27. The molecule has 0 saturated carbocycles. The number of carbonyl (C=O) groups is 1. The predicted molar refractivity (Wildman–Crippen MR) is 35.8 cm³/mol. The van der Waals surface area contributed by atoms with Gasteiger partial charge in [-0.25, -0.2) is 8.78 Å². The number of aldehydes is 1. The van der Waals surface area contributed by atoms with Crippen LogP contribution in [0.1, 0.15) is 10.5 Å². The van der Waals surface area contributed by atoms with Gasteiger partial charge in [-0.15, -0.1) is 0 Å². The molecule has 4 heteroatoms. The highest BCUT2D eigenvalue weighted by molar-refractivity contribution is 5.72. The van der Waals surface area contributed by atoms with E-state index in [2.05, 4.69) is 0 Å². The van der Waals surface area contributed by atoms with Crippen molar-refractivity contribution in [1.82, 2.24) is 4.57 Å². The molecule has 0 fully saturated rings. The maximum atomic E-state index is 11.8. The van der Waals surface area contributed by atoms with E-state index in [0.29, 0.717) is 6.29 Å². The lowest BCUT2D eigenvalue weighted by Gasteiger charge is -2.02. The maximum Gasteiger partial charge on any atom is 0.256 e. The largest absolute Gasteiger partial charge is 0.340 e. The first-order valence-corrected chi connectivity index (χ1v) is 3.12. The van der Waals surface area contributed by atoms with Crippen LogP contribution in [0.4, 0.5) is 8.78 Å². The number of halogens is 2. The van der Waals surface area contributed by atoms with Gasteiger partial charge < -0.3 is 4.57 Å². The van der Waals surface area contributed by atoms with Crippen LogP contribution < -0.4 is 0 Å². The first-order valence-electron chi connectivity index (χ1n) is 3.12. The predicted octanol–water partition coefficient (Wildman–Crippen LogP) is 1.57. The molecule has 1 rings (SSSR count). The second-order valence-corrected chi connectivity index (χ2v) is 2.09. The average molecular weight is 159 g/mol.